The van der Waals surface area contributed by atoms with E-state index < -0.39 is 0 Å². The molecule has 4 rings (SSSR count). The smallest absolute Gasteiger partial charge is 0.224 e. The number of rotatable bonds is 5. The van der Waals surface area contributed by atoms with Crippen molar-refractivity contribution in [2.45, 2.75) is 26.8 Å². The van der Waals surface area contributed by atoms with Gasteiger partial charge >= 0.3 is 0 Å². The number of furan rings is 1. The largest absolute Gasteiger partial charge is 0.464 e. The van der Waals surface area contributed by atoms with Crippen molar-refractivity contribution in [2.24, 2.45) is 0 Å². The molecule has 2 aromatic heterocycles. The number of benzene rings is 2. The predicted octanol–water partition coefficient (Wildman–Crippen LogP) is 4.09. The highest BCUT2D eigenvalue weighted by Gasteiger charge is 2.12. The van der Waals surface area contributed by atoms with Gasteiger partial charge in [0.15, 0.2) is 0 Å². The second-order valence-corrected chi connectivity index (χ2v) is 6.78. The lowest BCUT2D eigenvalue weighted by molar-refractivity contribution is -0.120. The normalized spacial score (nSPS) is 11.0. The minimum Gasteiger partial charge on any atom is -0.464 e. The third-order valence-corrected chi connectivity index (χ3v) is 4.77. The van der Waals surface area contributed by atoms with Crippen LogP contribution in [0.2, 0.25) is 0 Å². The molecule has 0 bridgehead atoms. The lowest BCUT2D eigenvalue weighted by atomic mass is 10.0. The molecule has 0 radical (unpaired) electrons. The van der Waals surface area contributed by atoms with Gasteiger partial charge in [-0.3, -0.25) is 4.79 Å². The van der Waals surface area contributed by atoms with Crippen LogP contribution in [0, 0.1) is 13.8 Å². The highest BCUT2D eigenvalue weighted by Crippen LogP contribution is 2.25. The molecule has 0 unspecified atom stereocenters. The van der Waals surface area contributed by atoms with Gasteiger partial charge in [-0.15, -0.1) is 0 Å². The summed E-state index contributed by atoms with van der Waals surface area (Å²) in [6.07, 6.45) is 5.67. The number of carbonyl (C=O) groups is 1. The molecular weight excluding hydrogens is 338 g/mol. The predicted molar refractivity (Wildman–Crippen MR) is 105 cm³/mol. The first kappa shape index (κ1) is 17.1. The second-order valence-electron chi connectivity index (χ2n) is 6.78. The van der Waals surface area contributed by atoms with Crippen LogP contribution >= 0.6 is 0 Å². The molecule has 136 valence electrons. The molecule has 0 aliphatic carbocycles. The molecule has 0 saturated carbocycles. The molecule has 1 N–H and O–H groups in total. The van der Waals surface area contributed by atoms with Crippen LogP contribution in [0.5, 0.6) is 0 Å². The fourth-order valence-electron chi connectivity index (χ4n) is 3.08. The molecule has 0 atom stereocenters. The molecule has 5 nitrogen and oxygen atoms in total. The molecular formula is C22H21N3O2. The van der Waals surface area contributed by atoms with E-state index in [2.05, 4.69) is 30.3 Å². The van der Waals surface area contributed by atoms with Crippen LogP contribution in [0.4, 0.5) is 0 Å². The summed E-state index contributed by atoms with van der Waals surface area (Å²) in [4.78, 5) is 12.4. The third-order valence-electron chi connectivity index (χ3n) is 4.77. The average molecular weight is 359 g/mol. The zero-order valence-electron chi connectivity index (χ0n) is 15.4. The lowest BCUT2D eigenvalue weighted by Gasteiger charge is -2.04. The molecule has 1 amide bonds. The van der Waals surface area contributed by atoms with Gasteiger partial charge in [0.05, 0.1) is 24.6 Å². The van der Waals surface area contributed by atoms with Gasteiger partial charge in [-0.05, 0) is 49.2 Å². The van der Waals surface area contributed by atoms with Crippen LogP contribution in [0.1, 0.15) is 22.3 Å². The molecule has 0 spiro atoms. The number of carbonyl (C=O) groups excluding carboxylic acids is 1. The van der Waals surface area contributed by atoms with Gasteiger partial charge in [-0.1, -0.05) is 18.2 Å². The number of nitrogens with one attached hydrogen (secondary N) is 1. The van der Waals surface area contributed by atoms with E-state index in [0.717, 1.165) is 27.8 Å². The quantitative estimate of drug-likeness (QED) is 0.584. The summed E-state index contributed by atoms with van der Waals surface area (Å²) in [5, 5.41) is 8.31. The molecule has 4 aromatic rings. The number of nitrogens with zero attached hydrogens (tertiary/aromatic N) is 2. The number of para-hydroxylation sites is 1. The highest BCUT2D eigenvalue weighted by atomic mass is 16.3. The van der Waals surface area contributed by atoms with Gasteiger partial charge in [-0.2, -0.15) is 5.10 Å². The van der Waals surface area contributed by atoms with Crippen molar-refractivity contribution in [1.82, 2.24) is 15.1 Å². The molecule has 27 heavy (non-hydrogen) atoms. The second kappa shape index (κ2) is 7.11. The number of hydrogen-bond donors (Lipinski definition) is 1. The van der Waals surface area contributed by atoms with E-state index in [1.165, 1.54) is 11.1 Å². The Labute approximate surface area is 157 Å². The molecule has 0 aliphatic rings. The maximum atomic E-state index is 12.4. The average Bonchev–Trinajstić information content (AvgIpc) is 3.29. The minimum absolute atomic E-state index is 0.0385. The van der Waals surface area contributed by atoms with E-state index in [0.29, 0.717) is 13.0 Å². The fourth-order valence-corrected chi connectivity index (χ4v) is 3.08. The van der Waals surface area contributed by atoms with Gasteiger partial charge < -0.3 is 9.73 Å². The molecule has 0 aliphatic heterocycles. The Morgan fingerprint density at radius 1 is 1.15 bits per heavy atom. The first-order chi connectivity index (χ1) is 13.1. The van der Waals surface area contributed by atoms with Crippen LogP contribution in [0.25, 0.3) is 16.7 Å². The summed E-state index contributed by atoms with van der Waals surface area (Å²) in [6.45, 7) is 4.56. The Morgan fingerprint density at radius 2 is 1.93 bits per heavy atom. The van der Waals surface area contributed by atoms with Gasteiger partial charge in [0.1, 0.15) is 5.58 Å². The van der Waals surface area contributed by atoms with E-state index in [1.807, 2.05) is 42.6 Å². The van der Waals surface area contributed by atoms with Crippen molar-refractivity contribution in [3.05, 3.63) is 83.4 Å². The van der Waals surface area contributed by atoms with Gasteiger partial charge in [0.2, 0.25) is 5.91 Å². The maximum absolute atomic E-state index is 12.4. The molecule has 5 heteroatoms. The van der Waals surface area contributed by atoms with E-state index in [-0.39, 0.29) is 5.91 Å². The summed E-state index contributed by atoms with van der Waals surface area (Å²) in [5.41, 5.74) is 6.05. The van der Waals surface area contributed by atoms with Crippen LogP contribution in [0.15, 0.2) is 65.5 Å². The Bertz CT molecular complexity index is 1090. The summed E-state index contributed by atoms with van der Waals surface area (Å²) in [5.74, 6) is -0.0385. The summed E-state index contributed by atoms with van der Waals surface area (Å²) >= 11 is 0. The topological polar surface area (TPSA) is 60.1 Å². The molecule has 0 fully saturated rings. The number of fused-ring (bicyclic) bond motifs is 1. The Balaban J connectivity index is 1.41. The zero-order valence-corrected chi connectivity index (χ0v) is 15.4. The zero-order chi connectivity index (χ0) is 18.8. The standard InChI is InChI=1S/C22H21N3O2/c1-15-8-20-18(14-27-21(20)9-16(15)2)10-22(26)23-11-17-12-24-25(13-17)19-6-4-3-5-7-19/h3-9,12-14H,10-11H2,1-2H3,(H,23,26). The SMILES string of the molecule is Cc1cc2occ(CC(=O)NCc3cnn(-c4ccccc4)c3)c2cc1C. The van der Waals surface area contributed by atoms with Crippen LogP contribution in [-0.4, -0.2) is 15.7 Å². The lowest BCUT2D eigenvalue weighted by Crippen LogP contribution is -2.24. The molecule has 2 aromatic carbocycles. The minimum atomic E-state index is -0.0385. The van der Waals surface area contributed by atoms with Crippen LogP contribution in [-0.2, 0) is 17.8 Å². The van der Waals surface area contributed by atoms with Crippen molar-refractivity contribution in [3.63, 3.8) is 0 Å². The molecule has 2 heterocycles. The van der Waals surface area contributed by atoms with E-state index in [9.17, 15) is 4.79 Å². The van der Waals surface area contributed by atoms with Crippen molar-refractivity contribution in [2.75, 3.05) is 0 Å². The first-order valence-corrected chi connectivity index (χ1v) is 8.93. The number of aromatic nitrogens is 2. The van der Waals surface area contributed by atoms with Gasteiger partial charge in [-0.25, -0.2) is 4.68 Å². The summed E-state index contributed by atoms with van der Waals surface area (Å²) in [6, 6.07) is 14.0. The van der Waals surface area contributed by atoms with Gasteiger partial charge in [0.25, 0.3) is 0 Å². The first-order valence-electron chi connectivity index (χ1n) is 8.93. The number of aryl methyl sites for hydroxylation is 2. The number of hydrogen-bond acceptors (Lipinski definition) is 3. The van der Waals surface area contributed by atoms with E-state index in [1.54, 1.807) is 17.1 Å². The Kier molecular flexibility index (Phi) is 4.50. The fraction of sp³-hybridized carbons (Fsp3) is 0.182. The van der Waals surface area contributed by atoms with Crippen molar-refractivity contribution >= 4 is 16.9 Å². The summed E-state index contributed by atoms with van der Waals surface area (Å²) < 4.78 is 7.41. The summed E-state index contributed by atoms with van der Waals surface area (Å²) in [7, 11) is 0. The van der Waals surface area contributed by atoms with Crippen molar-refractivity contribution in [1.29, 1.82) is 0 Å². The van der Waals surface area contributed by atoms with E-state index >= 15 is 0 Å². The van der Waals surface area contributed by atoms with Gasteiger partial charge in [0, 0.05) is 29.3 Å². The van der Waals surface area contributed by atoms with Crippen molar-refractivity contribution < 1.29 is 9.21 Å². The highest BCUT2D eigenvalue weighted by molar-refractivity contribution is 5.88. The Morgan fingerprint density at radius 3 is 2.74 bits per heavy atom. The monoisotopic (exact) mass is 359 g/mol. The maximum Gasteiger partial charge on any atom is 0.224 e. The molecule has 0 saturated heterocycles. The van der Waals surface area contributed by atoms with Crippen LogP contribution in [0.3, 0.4) is 0 Å². The number of amides is 1. The van der Waals surface area contributed by atoms with Crippen LogP contribution < -0.4 is 5.32 Å². The van der Waals surface area contributed by atoms with Crippen molar-refractivity contribution in [3.8, 4) is 5.69 Å². The third kappa shape index (κ3) is 3.62. The Hall–Kier alpha value is -3.34. The van der Waals surface area contributed by atoms with E-state index in [4.69, 9.17) is 4.42 Å².